The number of carbonyl (C=O) groups excluding carboxylic acids is 1. The van der Waals surface area contributed by atoms with Crippen LogP contribution in [0.5, 0.6) is 0 Å². The van der Waals surface area contributed by atoms with Gasteiger partial charge in [-0.25, -0.2) is 0 Å². The highest BCUT2D eigenvalue weighted by molar-refractivity contribution is 5.86. The molecule has 0 aliphatic heterocycles. The average molecular weight is 254 g/mol. The first-order chi connectivity index (χ1) is 8.64. The van der Waals surface area contributed by atoms with Crippen molar-refractivity contribution < 1.29 is 4.79 Å². The number of nitrogens with zero attached hydrogens (tertiary/aromatic N) is 1. The molecule has 106 valence electrons. The third-order valence-electron chi connectivity index (χ3n) is 4.02. The van der Waals surface area contributed by atoms with Crippen molar-refractivity contribution in [3.63, 3.8) is 0 Å². The number of hydrogen-bond acceptors (Lipinski definition) is 2. The molecule has 1 rings (SSSR count). The number of nitrogens with two attached hydrogens (primary N) is 1. The second-order valence-corrected chi connectivity index (χ2v) is 5.72. The maximum absolute atomic E-state index is 12.6. The van der Waals surface area contributed by atoms with Crippen LogP contribution in [0.25, 0.3) is 0 Å². The molecular formula is C15H30N2O. The fourth-order valence-electron chi connectivity index (χ4n) is 2.72. The van der Waals surface area contributed by atoms with Crippen molar-refractivity contribution in [2.45, 2.75) is 77.2 Å². The van der Waals surface area contributed by atoms with E-state index in [1.54, 1.807) is 0 Å². The molecule has 0 radical (unpaired) electrons. The SMILES string of the molecule is CCCCN(CCCC)C(=O)C1(N)CCCCC1. The summed E-state index contributed by atoms with van der Waals surface area (Å²) in [6.07, 6.45) is 9.64. The Morgan fingerprint density at radius 1 is 1.06 bits per heavy atom. The van der Waals surface area contributed by atoms with Gasteiger partial charge >= 0.3 is 0 Å². The Labute approximate surface area is 112 Å². The van der Waals surface area contributed by atoms with Gasteiger partial charge in [0.1, 0.15) is 0 Å². The van der Waals surface area contributed by atoms with Gasteiger partial charge in [0, 0.05) is 13.1 Å². The van der Waals surface area contributed by atoms with Crippen LogP contribution in [0, 0.1) is 0 Å². The maximum Gasteiger partial charge on any atom is 0.242 e. The van der Waals surface area contributed by atoms with E-state index in [2.05, 4.69) is 13.8 Å². The quantitative estimate of drug-likeness (QED) is 0.759. The molecule has 3 heteroatoms. The van der Waals surface area contributed by atoms with E-state index in [-0.39, 0.29) is 5.91 Å². The molecule has 0 aromatic rings. The molecule has 18 heavy (non-hydrogen) atoms. The summed E-state index contributed by atoms with van der Waals surface area (Å²) in [5, 5.41) is 0. The van der Waals surface area contributed by atoms with Crippen molar-refractivity contribution in [1.82, 2.24) is 4.90 Å². The average Bonchev–Trinajstić information content (AvgIpc) is 2.39. The van der Waals surface area contributed by atoms with Crippen molar-refractivity contribution in [2.24, 2.45) is 5.73 Å². The van der Waals surface area contributed by atoms with Gasteiger partial charge in [0.2, 0.25) is 5.91 Å². The number of amides is 1. The lowest BCUT2D eigenvalue weighted by Gasteiger charge is -2.37. The molecule has 3 nitrogen and oxygen atoms in total. The van der Waals surface area contributed by atoms with Crippen LogP contribution in [-0.4, -0.2) is 29.4 Å². The van der Waals surface area contributed by atoms with E-state index >= 15 is 0 Å². The maximum atomic E-state index is 12.6. The summed E-state index contributed by atoms with van der Waals surface area (Å²) >= 11 is 0. The van der Waals surface area contributed by atoms with Crippen molar-refractivity contribution >= 4 is 5.91 Å². The van der Waals surface area contributed by atoms with Gasteiger partial charge in [-0.2, -0.15) is 0 Å². The van der Waals surface area contributed by atoms with Gasteiger partial charge in [0.15, 0.2) is 0 Å². The van der Waals surface area contributed by atoms with E-state index in [1.807, 2.05) is 4.90 Å². The molecule has 1 fully saturated rings. The van der Waals surface area contributed by atoms with Gasteiger partial charge < -0.3 is 10.6 Å². The summed E-state index contributed by atoms with van der Waals surface area (Å²) in [6, 6.07) is 0. The molecule has 0 spiro atoms. The zero-order valence-electron chi connectivity index (χ0n) is 12.2. The predicted molar refractivity (Wildman–Crippen MR) is 76.4 cm³/mol. The third-order valence-corrected chi connectivity index (χ3v) is 4.02. The van der Waals surface area contributed by atoms with Crippen LogP contribution in [0.15, 0.2) is 0 Å². The first kappa shape index (κ1) is 15.5. The molecule has 1 saturated carbocycles. The number of hydrogen-bond donors (Lipinski definition) is 1. The van der Waals surface area contributed by atoms with Crippen LogP contribution in [0.1, 0.15) is 71.6 Å². The van der Waals surface area contributed by atoms with Crippen molar-refractivity contribution in [3.05, 3.63) is 0 Å². The molecule has 1 amide bonds. The van der Waals surface area contributed by atoms with Crippen LogP contribution >= 0.6 is 0 Å². The summed E-state index contributed by atoms with van der Waals surface area (Å²) in [4.78, 5) is 14.7. The largest absolute Gasteiger partial charge is 0.341 e. The molecule has 2 N–H and O–H groups in total. The molecule has 0 atom stereocenters. The number of rotatable bonds is 7. The highest BCUT2D eigenvalue weighted by Gasteiger charge is 2.37. The van der Waals surface area contributed by atoms with Crippen LogP contribution < -0.4 is 5.73 Å². The van der Waals surface area contributed by atoms with E-state index in [1.165, 1.54) is 6.42 Å². The monoisotopic (exact) mass is 254 g/mol. The van der Waals surface area contributed by atoms with Gasteiger partial charge in [0.25, 0.3) is 0 Å². The zero-order chi connectivity index (χ0) is 13.4. The molecule has 1 aliphatic rings. The molecule has 0 heterocycles. The van der Waals surface area contributed by atoms with Crippen LogP contribution in [0.3, 0.4) is 0 Å². The lowest BCUT2D eigenvalue weighted by Crippen LogP contribution is -2.56. The zero-order valence-corrected chi connectivity index (χ0v) is 12.2. The molecule has 1 aliphatic carbocycles. The summed E-state index contributed by atoms with van der Waals surface area (Å²) < 4.78 is 0. The fraction of sp³-hybridized carbons (Fsp3) is 0.933. The Morgan fingerprint density at radius 3 is 2.00 bits per heavy atom. The lowest BCUT2D eigenvalue weighted by atomic mass is 9.81. The normalized spacial score (nSPS) is 18.6. The Bertz CT molecular complexity index is 239. The van der Waals surface area contributed by atoms with E-state index in [0.29, 0.717) is 0 Å². The topological polar surface area (TPSA) is 46.3 Å². The summed E-state index contributed by atoms with van der Waals surface area (Å²) in [6.45, 7) is 6.10. The minimum absolute atomic E-state index is 0.212. The third kappa shape index (κ3) is 4.27. The highest BCUT2D eigenvalue weighted by atomic mass is 16.2. The van der Waals surface area contributed by atoms with Gasteiger partial charge in [-0.1, -0.05) is 46.0 Å². The second kappa shape index (κ2) is 7.78. The van der Waals surface area contributed by atoms with E-state index in [9.17, 15) is 4.79 Å². The first-order valence-corrected chi connectivity index (χ1v) is 7.72. The predicted octanol–water partition coefficient (Wildman–Crippen LogP) is 3.08. The Balaban J connectivity index is 2.60. The minimum Gasteiger partial charge on any atom is -0.341 e. The molecule has 0 bridgehead atoms. The first-order valence-electron chi connectivity index (χ1n) is 7.72. The van der Waals surface area contributed by atoms with Crippen LogP contribution in [0.4, 0.5) is 0 Å². The molecule has 0 saturated heterocycles. The number of unbranched alkanes of at least 4 members (excludes halogenated alkanes) is 2. The van der Waals surface area contributed by atoms with Gasteiger partial charge in [0.05, 0.1) is 5.54 Å². The number of carbonyl (C=O) groups is 1. The van der Waals surface area contributed by atoms with Gasteiger partial charge in [-0.15, -0.1) is 0 Å². The molecule has 0 aromatic carbocycles. The molecular weight excluding hydrogens is 224 g/mol. The standard InChI is InChI=1S/C15H30N2O/c1-3-5-12-17(13-6-4-2)14(18)15(16)10-8-7-9-11-15/h3-13,16H2,1-2H3. The van der Waals surface area contributed by atoms with Crippen LogP contribution in [-0.2, 0) is 4.79 Å². The Hall–Kier alpha value is -0.570. The summed E-state index contributed by atoms with van der Waals surface area (Å²) in [7, 11) is 0. The van der Waals surface area contributed by atoms with Crippen molar-refractivity contribution in [2.75, 3.05) is 13.1 Å². The summed E-state index contributed by atoms with van der Waals surface area (Å²) in [5.74, 6) is 0.212. The molecule has 0 aromatic heterocycles. The van der Waals surface area contributed by atoms with Crippen LogP contribution in [0.2, 0.25) is 0 Å². The smallest absolute Gasteiger partial charge is 0.242 e. The van der Waals surface area contributed by atoms with Gasteiger partial charge in [-0.3, -0.25) is 4.79 Å². The van der Waals surface area contributed by atoms with Gasteiger partial charge in [-0.05, 0) is 25.7 Å². The fourth-order valence-corrected chi connectivity index (χ4v) is 2.72. The van der Waals surface area contributed by atoms with Crippen molar-refractivity contribution in [3.8, 4) is 0 Å². The minimum atomic E-state index is -0.556. The molecule has 0 unspecified atom stereocenters. The summed E-state index contributed by atoms with van der Waals surface area (Å²) in [5.41, 5.74) is 5.80. The Kier molecular flexibility index (Phi) is 6.69. The van der Waals surface area contributed by atoms with Crippen molar-refractivity contribution in [1.29, 1.82) is 0 Å². The second-order valence-electron chi connectivity index (χ2n) is 5.72. The van der Waals surface area contributed by atoms with E-state index in [0.717, 1.165) is 64.5 Å². The highest BCUT2D eigenvalue weighted by Crippen LogP contribution is 2.28. The van der Waals surface area contributed by atoms with E-state index in [4.69, 9.17) is 5.73 Å². The Morgan fingerprint density at radius 2 is 1.56 bits per heavy atom. The lowest BCUT2D eigenvalue weighted by molar-refractivity contribution is -0.138. The van der Waals surface area contributed by atoms with E-state index < -0.39 is 5.54 Å².